The second-order valence-corrected chi connectivity index (χ2v) is 5.06. The molecule has 3 rings (SSSR count). The largest absolute Gasteiger partial charge is 0.443 e. The Balaban J connectivity index is 1.40. The lowest BCUT2D eigenvalue weighted by Gasteiger charge is -2.43. The predicted molar refractivity (Wildman–Crippen MR) is 62.9 cm³/mol. The molecule has 1 unspecified atom stereocenters. The molecule has 0 saturated carbocycles. The van der Waals surface area contributed by atoms with Crippen molar-refractivity contribution in [3.8, 4) is 0 Å². The van der Waals surface area contributed by atoms with E-state index >= 15 is 0 Å². The molecule has 3 heterocycles. The van der Waals surface area contributed by atoms with Gasteiger partial charge in [-0.3, -0.25) is 9.80 Å². The van der Waals surface area contributed by atoms with E-state index in [1.165, 1.54) is 0 Å². The Morgan fingerprint density at radius 2 is 1.94 bits per heavy atom. The van der Waals surface area contributed by atoms with Crippen LogP contribution in [-0.2, 0) is 4.74 Å². The molecule has 3 aliphatic rings. The van der Waals surface area contributed by atoms with Gasteiger partial charge < -0.3 is 15.4 Å². The summed E-state index contributed by atoms with van der Waals surface area (Å²) in [5.74, 6) is 0. The smallest absolute Gasteiger partial charge is 0.407 e. The lowest BCUT2D eigenvalue weighted by Crippen LogP contribution is -2.62. The maximum Gasteiger partial charge on any atom is 0.407 e. The van der Waals surface area contributed by atoms with Crippen LogP contribution in [0.3, 0.4) is 0 Å². The zero-order valence-corrected chi connectivity index (χ0v) is 10.0. The average molecular weight is 240 g/mol. The molecule has 0 spiro atoms. The van der Waals surface area contributed by atoms with E-state index in [1.54, 1.807) is 0 Å². The Bertz CT molecular complexity index is 287. The second kappa shape index (κ2) is 4.80. The average Bonchev–Trinajstić information content (AvgIpc) is 2.64. The molecule has 3 saturated heterocycles. The lowest BCUT2D eigenvalue weighted by molar-refractivity contribution is 0.0485. The number of hydrogen-bond acceptors (Lipinski definition) is 5. The fourth-order valence-electron chi connectivity index (χ4n) is 2.66. The Labute approximate surface area is 101 Å². The van der Waals surface area contributed by atoms with Gasteiger partial charge in [-0.2, -0.15) is 0 Å². The first-order valence-electron chi connectivity index (χ1n) is 6.43. The summed E-state index contributed by atoms with van der Waals surface area (Å²) in [6.45, 7) is 8.27. The summed E-state index contributed by atoms with van der Waals surface area (Å²) in [7, 11) is 0. The summed E-state index contributed by atoms with van der Waals surface area (Å²) < 4.78 is 5.16. The molecular formula is C11H20N4O2. The van der Waals surface area contributed by atoms with Gasteiger partial charge in [-0.15, -0.1) is 0 Å². The molecule has 6 heteroatoms. The van der Waals surface area contributed by atoms with Crippen LogP contribution in [0, 0.1) is 0 Å². The van der Waals surface area contributed by atoms with Gasteiger partial charge in [0.1, 0.15) is 6.10 Å². The summed E-state index contributed by atoms with van der Waals surface area (Å²) in [4.78, 5) is 15.9. The minimum absolute atomic E-state index is 0.0411. The quantitative estimate of drug-likeness (QED) is 0.641. The van der Waals surface area contributed by atoms with E-state index in [4.69, 9.17) is 4.74 Å². The molecule has 0 aromatic carbocycles. The van der Waals surface area contributed by atoms with E-state index in [0.717, 1.165) is 51.9 Å². The molecule has 3 aliphatic heterocycles. The maximum absolute atomic E-state index is 10.9. The number of carbonyl (C=O) groups excluding carboxylic acids is 1. The van der Waals surface area contributed by atoms with Gasteiger partial charge in [-0.25, -0.2) is 4.79 Å². The standard InChI is InChI=1S/C11H20N4O2/c16-11-13-7-10(17-11)8-14-1-3-15(4-2-14)9-5-12-6-9/h9-10,12H,1-8H2,(H,13,16). The first kappa shape index (κ1) is 11.3. The molecule has 96 valence electrons. The molecule has 0 aromatic heterocycles. The third-order valence-corrected chi connectivity index (χ3v) is 3.89. The number of rotatable bonds is 3. The zero-order valence-electron chi connectivity index (χ0n) is 10.0. The van der Waals surface area contributed by atoms with Gasteiger partial charge in [0, 0.05) is 51.9 Å². The third-order valence-electron chi connectivity index (χ3n) is 3.89. The van der Waals surface area contributed by atoms with Crippen molar-refractivity contribution in [3.05, 3.63) is 0 Å². The van der Waals surface area contributed by atoms with Crippen LogP contribution in [-0.4, -0.2) is 80.4 Å². The first-order chi connectivity index (χ1) is 8.31. The van der Waals surface area contributed by atoms with Gasteiger partial charge in [-0.1, -0.05) is 0 Å². The van der Waals surface area contributed by atoms with Crippen molar-refractivity contribution in [2.75, 3.05) is 52.4 Å². The number of alkyl carbamates (subject to hydrolysis) is 1. The van der Waals surface area contributed by atoms with Gasteiger partial charge in [0.15, 0.2) is 0 Å². The highest BCUT2D eigenvalue weighted by Gasteiger charge is 2.30. The molecule has 0 bridgehead atoms. The zero-order chi connectivity index (χ0) is 11.7. The molecule has 2 N–H and O–H groups in total. The van der Waals surface area contributed by atoms with E-state index < -0.39 is 0 Å². The number of ether oxygens (including phenoxy) is 1. The fourth-order valence-corrected chi connectivity index (χ4v) is 2.66. The monoisotopic (exact) mass is 240 g/mol. The topological polar surface area (TPSA) is 56.8 Å². The van der Waals surface area contributed by atoms with E-state index in [0.29, 0.717) is 6.54 Å². The van der Waals surface area contributed by atoms with Gasteiger partial charge in [-0.05, 0) is 0 Å². The van der Waals surface area contributed by atoms with Crippen LogP contribution in [0.1, 0.15) is 0 Å². The lowest BCUT2D eigenvalue weighted by atomic mass is 10.1. The fraction of sp³-hybridized carbons (Fsp3) is 0.909. The molecule has 0 aliphatic carbocycles. The van der Waals surface area contributed by atoms with Crippen LogP contribution in [0.5, 0.6) is 0 Å². The van der Waals surface area contributed by atoms with Crippen molar-refractivity contribution in [1.82, 2.24) is 20.4 Å². The van der Waals surface area contributed by atoms with Crippen LogP contribution >= 0.6 is 0 Å². The number of carbonyl (C=O) groups is 1. The molecule has 0 radical (unpaired) electrons. The van der Waals surface area contributed by atoms with Gasteiger partial charge in [0.25, 0.3) is 0 Å². The van der Waals surface area contributed by atoms with Crippen LogP contribution < -0.4 is 10.6 Å². The predicted octanol–water partition coefficient (Wildman–Crippen LogP) is -1.32. The highest BCUT2D eigenvalue weighted by molar-refractivity contribution is 5.69. The highest BCUT2D eigenvalue weighted by atomic mass is 16.6. The SMILES string of the molecule is O=C1NCC(CN2CCN(C3CNC3)CC2)O1. The van der Waals surface area contributed by atoms with E-state index in [2.05, 4.69) is 20.4 Å². The molecule has 0 aromatic rings. The number of hydrogen-bond donors (Lipinski definition) is 2. The first-order valence-corrected chi connectivity index (χ1v) is 6.43. The van der Waals surface area contributed by atoms with Crippen molar-refractivity contribution in [1.29, 1.82) is 0 Å². The molecule has 1 atom stereocenters. The Kier molecular flexibility index (Phi) is 3.17. The Morgan fingerprint density at radius 3 is 2.47 bits per heavy atom. The molecule has 1 amide bonds. The Hall–Kier alpha value is -0.850. The molecule has 6 nitrogen and oxygen atoms in total. The number of piperazine rings is 1. The van der Waals surface area contributed by atoms with Crippen molar-refractivity contribution in [2.45, 2.75) is 12.1 Å². The molecule has 3 fully saturated rings. The van der Waals surface area contributed by atoms with E-state index in [9.17, 15) is 4.79 Å². The molecule has 17 heavy (non-hydrogen) atoms. The van der Waals surface area contributed by atoms with Crippen molar-refractivity contribution >= 4 is 6.09 Å². The summed E-state index contributed by atoms with van der Waals surface area (Å²) in [5, 5.41) is 6.01. The minimum Gasteiger partial charge on any atom is -0.443 e. The maximum atomic E-state index is 10.9. The number of cyclic esters (lactones) is 1. The summed E-state index contributed by atoms with van der Waals surface area (Å²) in [6, 6.07) is 0.753. The van der Waals surface area contributed by atoms with Gasteiger partial charge in [0.05, 0.1) is 6.54 Å². The van der Waals surface area contributed by atoms with E-state index in [-0.39, 0.29) is 12.2 Å². The van der Waals surface area contributed by atoms with E-state index in [1.807, 2.05) is 0 Å². The number of nitrogens with zero attached hydrogens (tertiary/aromatic N) is 2. The Morgan fingerprint density at radius 1 is 1.18 bits per heavy atom. The van der Waals surface area contributed by atoms with Crippen molar-refractivity contribution < 1.29 is 9.53 Å². The van der Waals surface area contributed by atoms with Crippen LogP contribution in [0.15, 0.2) is 0 Å². The normalized spacial score (nSPS) is 32.0. The second-order valence-electron chi connectivity index (χ2n) is 5.06. The summed E-state index contributed by atoms with van der Waals surface area (Å²) in [5.41, 5.74) is 0. The third kappa shape index (κ3) is 2.53. The van der Waals surface area contributed by atoms with Crippen LogP contribution in [0.25, 0.3) is 0 Å². The van der Waals surface area contributed by atoms with Crippen molar-refractivity contribution in [2.24, 2.45) is 0 Å². The molecular weight excluding hydrogens is 220 g/mol. The summed E-state index contributed by atoms with van der Waals surface area (Å²) >= 11 is 0. The van der Waals surface area contributed by atoms with Crippen molar-refractivity contribution in [3.63, 3.8) is 0 Å². The number of nitrogens with one attached hydrogen (secondary N) is 2. The minimum atomic E-state index is -0.269. The van der Waals surface area contributed by atoms with Crippen LogP contribution in [0.4, 0.5) is 4.79 Å². The van der Waals surface area contributed by atoms with Crippen LogP contribution in [0.2, 0.25) is 0 Å². The van der Waals surface area contributed by atoms with Gasteiger partial charge >= 0.3 is 6.09 Å². The summed E-state index contributed by atoms with van der Waals surface area (Å²) in [6.07, 6.45) is -0.228. The highest BCUT2D eigenvalue weighted by Crippen LogP contribution is 2.11. The van der Waals surface area contributed by atoms with Gasteiger partial charge in [0.2, 0.25) is 0 Å². The number of amides is 1.